The maximum absolute atomic E-state index is 12.7. The molecule has 2 aliphatic rings. The van der Waals surface area contributed by atoms with Crippen molar-refractivity contribution in [2.24, 2.45) is 0 Å². The largest absolute Gasteiger partial charge is 0.377 e. The van der Waals surface area contributed by atoms with Crippen LogP contribution in [0.1, 0.15) is 23.1 Å². The van der Waals surface area contributed by atoms with E-state index < -0.39 is 0 Å². The average Bonchev–Trinajstić information content (AvgIpc) is 3.15. The SMILES string of the molecule is Cc1nc(NC2COCC2n2nc3c(cc2=O)CSCC3)c2ccncc2n1. The molecule has 1 saturated heterocycles. The van der Waals surface area contributed by atoms with Crippen LogP contribution < -0.4 is 10.9 Å². The van der Waals surface area contributed by atoms with Gasteiger partial charge in [-0.15, -0.1) is 0 Å². The molecule has 2 atom stereocenters. The van der Waals surface area contributed by atoms with Crippen LogP contribution in [0.2, 0.25) is 0 Å². The van der Waals surface area contributed by atoms with Crippen molar-refractivity contribution in [3.05, 3.63) is 52.0 Å². The van der Waals surface area contributed by atoms with E-state index in [1.165, 1.54) is 0 Å². The number of fused-ring (bicyclic) bond motifs is 2. The van der Waals surface area contributed by atoms with Gasteiger partial charge in [-0.25, -0.2) is 14.6 Å². The van der Waals surface area contributed by atoms with Crippen LogP contribution in [0.5, 0.6) is 0 Å². The van der Waals surface area contributed by atoms with Crippen LogP contribution in [0.15, 0.2) is 29.3 Å². The third kappa shape index (κ3) is 3.14. The number of aromatic nitrogens is 5. The highest BCUT2D eigenvalue weighted by Crippen LogP contribution is 2.27. The smallest absolute Gasteiger partial charge is 0.267 e. The molecule has 3 aromatic rings. The number of nitrogens with zero attached hydrogens (tertiary/aromatic N) is 5. The third-order valence-corrected chi connectivity index (χ3v) is 6.17. The van der Waals surface area contributed by atoms with Crippen LogP contribution >= 0.6 is 11.8 Å². The molecule has 0 aliphatic carbocycles. The maximum Gasteiger partial charge on any atom is 0.267 e. The Morgan fingerprint density at radius 2 is 2.25 bits per heavy atom. The summed E-state index contributed by atoms with van der Waals surface area (Å²) < 4.78 is 7.31. The van der Waals surface area contributed by atoms with E-state index in [9.17, 15) is 4.79 Å². The minimum Gasteiger partial charge on any atom is -0.377 e. The van der Waals surface area contributed by atoms with Crippen molar-refractivity contribution >= 4 is 28.5 Å². The first-order valence-corrected chi connectivity index (χ1v) is 10.5. The lowest BCUT2D eigenvalue weighted by molar-refractivity contribution is 0.182. The standard InChI is InChI=1S/C19H20N6O2S/c1-11-21-15-7-20-4-2-13(15)19(22-11)23-16-8-27-9-17(16)25-18(26)6-12-10-28-5-3-14(12)24-25/h2,4,6-7,16-17H,3,5,8-10H2,1H3,(H,21,22,23). The summed E-state index contributed by atoms with van der Waals surface area (Å²) in [6.45, 7) is 2.79. The molecule has 0 aromatic carbocycles. The molecule has 2 unspecified atom stereocenters. The minimum absolute atomic E-state index is 0.0727. The van der Waals surface area contributed by atoms with Gasteiger partial charge in [-0.05, 0) is 24.3 Å². The Morgan fingerprint density at radius 3 is 3.18 bits per heavy atom. The molecule has 2 aliphatic heterocycles. The van der Waals surface area contributed by atoms with Crippen molar-refractivity contribution < 1.29 is 4.74 Å². The van der Waals surface area contributed by atoms with E-state index >= 15 is 0 Å². The number of hydrogen-bond donors (Lipinski definition) is 1. The zero-order chi connectivity index (χ0) is 19.1. The molecule has 0 radical (unpaired) electrons. The predicted molar refractivity (Wildman–Crippen MR) is 108 cm³/mol. The third-order valence-electron chi connectivity index (χ3n) is 5.16. The van der Waals surface area contributed by atoms with E-state index in [-0.39, 0.29) is 17.6 Å². The van der Waals surface area contributed by atoms with Crippen molar-refractivity contribution in [3.63, 3.8) is 0 Å². The molecule has 8 nitrogen and oxygen atoms in total. The average molecular weight is 396 g/mol. The van der Waals surface area contributed by atoms with Gasteiger partial charge in [0.25, 0.3) is 5.56 Å². The molecule has 5 heterocycles. The van der Waals surface area contributed by atoms with Gasteiger partial charge < -0.3 is 10.1 Å². The Kier molecular flexibility index (Phi) is 4.48. The number of ether oxygens (including phenoxy) is 1. The van der Waals surface area contributed by atoms with E-state index in [2.05, 4.69) is 20.3 Å². The van der Waals surface area contributed by atoms with Crippen molar-refractivity contribution in [1.82, 2.24) is 24.7 Å². The van der Waals surface area contributed by atoms with Gasteiger partial charge >= 0.3 is 0 Å². The first-order chi connectivity index (χ1) is 13.7. The Labute approximate surface area is 165 Å². The molecule has 28 heavy (non-hydrogen) atoms. The van der Waals surface area contributed by atoms with Crippen molar-refractivity contribution in [2.45, 2.75) is 31.2 Å². The molecule has 0 saturated carbocycles. The Balaban J connectivity index is 1.50. The summed E-state index contributed by atoms with van der Waals surface area (Å²) in [6, 6.07) is 3.34. The molecule has 0 amide bonds. The number of aryl methyl sites for hydroxylation is 2. The zero-order valence-electron chi connectivity index (χ0n) is 15.5. The molecule has 9 heteroatoms. The zero-order valence-corrected chi connectivity index (χ0v) is 16.3. The highest BCUT2D eigenvalue weighted by Gasteiger charge is 2.33. The van der Waals surface area contributed by atoms with E-state index in [1.54, 1.807) is 23.1 Å². The van der Waals surface area contributed by atoms with E-state index in [0.717, 1.165) is 45.9 Å². The van der Waals surface area contributed by atoms with Crippen LogP contribution in [0.3, 0.4) is 0 Å². The summed E-state index contributed by atoms with van der Waals surface area (Å²) in [5.74, 6) is 3.30. The summed E-state index contributed by atoms with van der Waals surface area (Å²) in [5, 5.41) is 9.06. The number of pyridine rings is 1. The van der Waals surface area contributed by atoms with Crippen LogP contribution in [0, 0.1) is 6.92 Å². The fourth-order valence-electron chi connectivity index (χ4n) is 3.77. The number of rotatable bonds is 3. The Hall–Kier alpha value is -2.52. The minimum atomic E-state index is -0.181. The van der Waals surface area contributed by atoms with Crippen LogP contribution in [0.4, 0.5) is 5.82 Å². The second-order valence-corrected chi connectivity index (χ2v) is 8.17. The lowest BCUT2D eigenvalue weighted by Gasteiger charge is -2.23. The van der Waals surface area contributed by atoms with Crippen LogP contribution in [-0.2, 0) is 16.9 Å². The molecular weight excluding hydrogens is 376 g/mol. The second kappa shape index (κ2) is 7.14. The summed E-state index contributed by atoms with van der Waals surface area (Å²) in [6.07, 6.45) is 4.35. The predicted octanol–water partition coefficient (Wildman–Crippen LogP) is 1.73. The quantitative estimate of drug-likeness (QED) is 0.715. The molecule has 0 spiro atoms. The number of hydrogen-bond acceptors (Lipinski definition) is 8. The number of thioether (sulfide) groups is 1. The number of nitrogens with one attached hydrogen (secondary N) is 1. The van der Waals surface area contributed by atoms with Gasteiger partial charge in [0.2, 0.25) is 0 Å². The van der Waals surface area contributed by atoms with Gasteiger partial charge in [-0.1, -0.05) is 0 Å². The summed E-state index contributed by atoms with van der Waals surface area (Å²) in [5.41, 5.74) is 2.80. The van der Waals surface area contributed by atoms with E-state index in [0.29, 0.717) is 19.0 Å². The second-order valence-electron chi connectivity index (χ2n) is 7.07. The van der Waals surface area contributed by atoms with Gasteiger partial charge in [-0.2, -0.15) is 16.9 Å². The Bertz CT molecular complexity index is 1100. The molecular formula is C19H20N6O2S. The van der Waals surface area contributed by atoms with Crippen LogP contribution in [-0.4, -0.2) is 49.7 Å². The van der Waals surface area contributed by atoms with Gasteiger partial charge in [0.15, 0.2) is 0 Å². The first-order valence-electron chi connectivity index (χ1n) is 9.31. The summed E-state index contributed by atoms with van der Waals surface area (Å²) >= 11 is 1.84. The fraction of sp³-hybridized carbons (Fsp3) is 0.421. The molecule has 0 bridgehead atoms. The maximum atomic E-state index is 12.7. The number of anilines is 1. The Morgan fingerprint density at radius 1 is 1.32 bits per heavy atom. The van der Waals surface area contributed by atoms with Gasteiger partial charge in [-0.3, -0.25) is 9.78 Å². The van der Waals surface area contributed by atoms with Gasteiger partial charge in [0, 0.05) is 29.8 Å². The van der Waals surface area contributed by atoms with Crippen molar-refractivity contribution in [1.29, 1.82) is 0 Å². The summed E-state index contributed by atoms with van der Waals surface area (Å²) in [7, 11) is 0. The van der Waals surface area contributed by atoms with E-state index in [1.807, 2.05) is 24.8 Å². The van der Waals surface area contributed by atoms with Crippen molar-refractivity contribution in [3.8, 4) is 0 Å². The monoisotopic (exact) mass is 396 g/mol. The summed E-state index contributed by atoms with van der Waals surface area (Å²) in [4.78, 5) is 25.9. The van der Waals surface area contributed by atoms with Crippen molar-refractivity contribution in [2.75, 3.05) is 24.3 Å². The van der Waals surface area contributed by atoms with E-state index in [4.69, 9.17) is 9.84 Å². The molecule has 1 fully saturated rings. The highest BCUT2D eigenvalue weighted by atomic mass is 32.2. The molecule has 5 rings (SSSR count). The van der Waals surface area contributed by atoms with Gasteiger partial charge in [0.1, 0.15) is 17.7 Å². The first kappa shape index (κ1) is 17.6. The molecule has 144 valence electrons. The fourth-order valence-corrected chi connectivity index (χ4v) is 4.72. The lowest BCUT2D eigenvalue weighted by Crippen LogP contribution is -2.38. The molecule has 1 N–H and O–H groups in total. The molecule has 3 aromatic heterocycles. The van der Waals surface area contributed by atoms with Crippen LogP contribution in [0.25, 0.3) is 10.9 Å². The normalized spacial score (nSPS) is 21.6. The topological polar surface area (TPSA) is 94.8 Å². The highest BCUT2D eigenvalue weighted by molar-refractivity contribution is 7.98. The van der Waals surface area contributed by atoms with Gasteiger partial charge in [0.05, 0.1) is 36.7 Å². The lowest BCUT2D eigenvalue weighted by atomic mass is 10.1.